The summed E-state index contributed by atoms with van der Waals surface area (Å²) >= 11 is 0. The van der Waals surface area contributed by atoms with Crippen molar-refractivity contribution in [1.82, 2.24) is 0 Å². The van der Waals surface area contributed by atoms with Crippen LogP contribution in [0.1, 0.15) is 67.2 Å². The topological polar surface area (TPSA) is 105 Å². The average Bonchev–Trinajstić information content (AvgIpc) is 2.51. The molecule has 0 spiro atoms. The van der Waals surface area contributed by atoms with Gasteiger partial charge in [0.05, 0.1) is 12.2 Å². The molecule has 0 radical (unpaired) electrons. The molecule has 0 unspecified atom stereocenters. The molecule has 0 aliphatic carbocycles. The maximum absolute atomic E-state index is 10.7. The molecule has 8 nitrogen and oxygen atoms in total. The Morgan fingerprint density at radius 3 is 1.16 bits per heavy atom. The minimum absolute atomic E-state index is 0. The monoisotopic (exact) mass is 438 g/mol. The van der Waals surface area contributed by atoms with Crippen molar-refractivity contribution in [2.45, 2.75) is 79.4 Å². The van der Waals surface area contributed by atoms with Crippen LogP contribution in [-0.2, 0) is 64.9 Å². The minimum Gasteiger partial charge on any atom is -0.299 e. The Bertz CT molecular complexity index is 369. The van der Waals surface area contributed by atoms with Crippen LogP contribution in [0, 0.1) is 0 Å². The van der Waals surface area contributed by atoms with Gasteiger partial charge in [-0.3, -0.25) is 19.4 Å². The first kappa shape index (κ1) is 28.9. The van der Waals surface area contributed by atoms with E-state index in [9.17, 15) is 19.2 Å². The summed E-state index contributed by atoms with van der Waals surface area (Å²) in [6.45, 7) is 10.3. The maximum Gasteiger partial charge on any atom is 0.349 e. The summed E-state index contributed by atoms with van der Waals surface area (Å²) < 4.78 is 0. The first-order chi connectivity index (χ1) is 11.1. The SMILES string of the molecule is CCC(=O)CC(=O)OOC(C)C.CCC(=O)CC(=O)OOC(C)C.[Zr]. The van der Waals surface area contributed by atoms with Crippen LogP contribution < -0.4 is 0 Å². The molecule has 0 atom stereocenters. The van der Waals surface area contributed by atoms with Crippen molar-refractivity contribution in [3.05, 3.63) is 0 Å². The van der Waals surface area contributed by atoms with Crippen LogP contribution in [0.2, 0.25) is 0 Å². The first-order valence-electron chi connectivity index (χ1n) is 7.87. The van der Waals surface area contributed by atoms with E-state index >= 15 is 0 Å². The van der Waals surface area contributed by atoms with E-state index < -0.39 is 11.9 Å². The molecule has 0 aromatic rings. The number of hydrogen-bond donors (Lipinski definition) is 0. The fraction of sp³-hybridized carbons (Fsp3) is 0.750. The van der Waals surface area contributed by atoms with Gasteiger partial charge in [0, 0.05) is 39.0 Å². The third-order valence-electron chi connectivity index (χ3n) is 2.14. The Morgan fingerprint density at radius 1 is 0.680 bits per heavy atom. The molecule has 0 saturated heterocycles. The molecular weight excluding hydrogens is 411 g/mol. The summed E-state index contributed by atoms with van der Waals surface area (Å²) in [6, 6.07) is 0. The molecule has 0 amide bonds. The number of hydrogen-bond acceptors (Lipinski definition) is 8. The van der Waals surface area contributed by atoms with E-state index in [-0.39, 0.29) is 62.8 Å². The summed E-state index contributed by atoms with van der Waals surface area (Å²) in [7, 11) is 0. The molecule has 9 heteroatoms. The molecule has 0 aliphatic rings. The molecule has 0 rings (SSSR count). The van der Waals surface area contributed by atoms with Crippen LogP contribution in [0.4, 0.5) is 0 Å². The van der Waals surface area contributed by atoms with Gasteiger partial charge < -0.3 is 0 Å². The second-order valence-corrected chi connectivity index (χ2v) is 5.34. The summed E-state index contributed by atoms with van der Waals surface area (Å²) in [6.07, 6.45) is -0.0728. The Morgan fingerprint density at radius 2 is 0.960 bits per heavy atom. The molecule has 0 bridgehead atoms. The molecule has 0 saturated carbocycles. The van der Waals surface area contributed by atoms with Gasteiger partial charge in [0.2, 0.25) is 0 Å². The van der Waals surface area contributed by atoms with Crippen LogP contribution >= 0.6 is 0 Å². The molecule has 0 N–H and O–H groups in total. The number of ketones is 2. The summed E-state index contributed by atoms with van der Waals surface area (Å²) in [5.74, 6) is -1.55. The molecular formula is C16H28O8Zr. The van der Waals surface area contributed by atoms with E-state index in [0.717, 1.165) is 0 Å². The molecule has 0 aromatic heterocycles. The molecule has 0 aliphatic heterocycles. The van der Waals surface area contributed by atoms with Gasteiger partial charge in [0.15, 0.2) is 0 Å². The second kappa shape index (κ2) is 17.9. The largest absolute Gasteiger partial charge is 0.349 e. The fourth-order valence-corrected chi connectivity index (χ4v) is 0.931. The Hall–Kier alpha value is -0.917. The molecule has 144 valence electrons. The van der Waals surface area contributed by atoms with Crippen LogP contribution in [0.25, 0.3) is 0 Å². The predicted octanol–water partition coefficient (Wildman–Crippen LogP) is 2.48. The average molecular weight is 440 g/mol. The Kier molecular flexibility index (Phi) is 20.7. The predicted molar refractivity (Wildman–Crippen MR) is 84.5 cm³/mol. The molecule has 0 aromatic carbocycles. The van der Waals surface area contributed by atoms with Gasteiger partial charge in [-0.2, -0.15) is 9.78 Å². The van der Waals surface area contributed by atoms with Gasteiger partial charge in [0.1, 0.15) is 24.4 Å². The van der Waals surface area contributed by atoms with Crippen LogP contribution in [0.5, 0.6) is 0 Å². The van der Waals surface area contributed by atoms with Crippen molar-refractivity contribution in [3.8, 4) is 0 Å². The Labute approximate surface area is 167 Å². The summed E-state index contributed by atoms with van der Waals surface area (Å²) in [5, 5.41) is 0. The third kappa shape index (κ3) is 23.1. The summed E-state index contributed by atoms with van der Waals surface area (Å²) in [4.78, 5) is 60.6. The van der Waals surface area contributed by atoms with Crippen molar-refractivity contribution in [1.29, 1.82) is 0 Å². The number of carbonyl (C=O) groups is 4. The zero-order valence-electron chi connectivity index (χ0n) is 15.7. The van der Waals surface area contributed by atoms with Crippen molar-refractivity contribution in [3.63, 3.8) is 0 Å². The van der Waals surface area contributed by atoms with E-state index in [1.165, 1.54) is 0 Å². The van der Waals surface area contributed by atoms with Crippen molar-refractivity contribution in [2.24, 2.45) is 0 Å². The van der Waals surface area contributed by atoms with E-state index in [1.54, 1.807) is 41.5 Å². The Balaban J connectivity index is -0.000000372. The number of carbonyl (C=O) groups excluding carboxylic acids is 4. The van der Waals surface area contributed by atoms with Crippen LogP contribution in [0.3, 0.4) is 0 Å². The van der Waals surface area contributed by atoms with Gasteiger partial charge >= 0.3 is 11.9 Å². The zero-order valence-corrected chi connectivity index (χ0v) is 18.2. The maximum atomic E-state index is 10.7. The number of rotatable bonds is 10. The van der Waals surface area contributed by atoms with E-state index in [2.05, 4.69) is 19.6 Å². The van der Waals surface area contributed by atoms with Crippen molar-refractivity contribution < 1.29 is 64.9 Å². The van der Waals surface area contributed by atoms with Crippen molar-refractivity contribution in [2.75, 3.05) is 0 Å². The molecule has 0 fully saturated rings. The van der Waals surface area contributed by atoms with Gasteiger partial charge in [-0.25, -0.2) is 9.59 Å². The van der Waals surface area contributed by atoms with E-state index in [1.807, 2.05) is 0 Å². The van der Waals surface area contributed by atoms with E-state index in [4.69, 9.17) is 0 Å². The van der Waals surface area contributed by atoms with Gasteiger partial charge in [-0.05, 0) is 27.7 Å². The molecule has 25 heavy (non-hydrogen) atoms. The first-order valence-corrected chi connectivity index (χ1v) is 7.87. The second-order valence-electron chi connectivity index (χ2n) is 5.34. The standard InChI is InChI=1S/2C8H14O4.Zr/c2*1-4-7(9)5-8(10)12-11-6(2)3;/h2*6H,4-5H2,1-3H3;. The zero-order chi connectivity index (χ0) is 19.1. The fourth-order valence-electron chi connectivity index (χ4n) is 0.931. The third-order valence-corrected chi connectivity index (χ3v) is 2.14. The minimum atomic E-state index is -0.629. The smallest absolute Gasteiger partial charge is 0.299 e. The van der Waals surface area contributed by atoms with Crippen LogP contribution in [0.15, 0.2) is 0 Å². The molecule has 0 heterocycles. The van der Waals surface area contributed by atoms with Crippen LogP contribution in [-0.4, -0.2) is 35.7 Å². The normalized spacial score (nSPS) is 9.60. The van der Waals surface area contributed by atoms with Gasteiger partial charge in [-0.15, -0.1) is 0 Å². The van der Waals surface area contributed by atoms with Gasteiger partial charge in [0.25, 0.3) is 0 Å². The summed E-state index contributed by atoms with van der Waals surface area (Å²) in [5.41, 5.74) is 0. The number of Topliss-reactive ketones (excluding diaryl/α,β-unsaturated/α-hetero) is 2. The van der Waals surface area contributed by atoms with Crippen molar-refractivity contribution >= 4 is 23.5 Å². The quantitative estimate of drug-likeness (QED) is 0.290. The van der Waals surface area contributed by atoms with Gasteiger partial charge in [-0.1, -0.05) is 13.8 Å². The van der Waals surface area contributed by atoms with E-state index in [0.29, 0.717) is 12.8 Å².